The molecule has 1 saturated carbocycles. The molecule has 0 radical (unpaired) electrons. The maximum absolute atomic E-state index is 12.0. The topological polar surface area (TPSA) is 52.3 Å². The molecule has 2 rings (SSSR count). The average Bonchev–Trinajstić information content (AvgIpc) is 3.20. The van der Waals surface area contributed by atoms with Crippen molar-refractivity contribution < 1.29 is 9.53 Å². The summed E-state index contributed by atoms with van der Waals surface area (Å²) in [5.41, 5.74) is 7.96. The van der Waals surface area contributed by atoms with E-state index in [1.165, 1.54) is 19.3 Å². The van der Waals surface area contributed by atoms with E-state index in [1.54, 1.807) is 0 Å². The molecule has 0 spiro atoms. The van der Waals surface area contributed by atoms with Gasteiger partial charge in [0, 0.05) is 6.04 Å². The molecule has 0 aliphatic heterocycles. The van der Waals surface area contributed by atoms with Crippen LogP contribution < -0.4 is 10.5 Å². The predicted octanol–water partition coefficient (Wildman–Crippen LogP) is 3.80. The zero-order valence-corrected chi connectivity index (χ0v) is 13.4. The lowest BCUT2D eigenvalue weighted by Crippen LogP contribution is -2.23. The van der Waals surface area contributed by atoms with Gasteiger partial charge in [-0.3, -0.25) is 4.79 Å². The monoisotopic (exact) mass is 289 g/mol. The van der Waals surface area contributed by atoms with E-state index in [0.717, 1.165) is 29.2 Å². The number of carbonyl (C=O) groups excluding carboxylic acids is 1. The minimum absolute atomic E-state index is 0.168. The Bertz CT molecular complexity index is 490. The van der Waals surface area contributed by atoms with E-state index < -0.39 is 0 Å². The molecule has 0 amide bonds. The number of hydrogen-bond donors (Lipinski definition) is 1. The number of carbonyl (C=O) groups is 1. The second kappa shape index (κ2) is 7.08. The lowest BCUT2D eigenvalue weighted by atomic mass is 9.96. The highest BCUT2D eigenvalue weighted by Crippen LogP contribution is 2.36. The number of ether oxygens (including phenoxy) is 1. The first-order valence-electron chi connectivity index (χ1n) is 8.05. The molecule has 1 unspecified atom stereocenters. The summed E-state index contributed by atoms with van der Waals surface area (Å²) in [6, 6.07) is 6.04. The zero-order chi connectivity index (χ0) is 15.4. The minimum Gasteiger partial charge on any atom is -0.426 e. The van der Waals surface area contributed by atoms with Gasteiger partial charge in [-0.2, -0.15) is 0 Å². The zero-order valence-electron chi connectivity index (χ0n) is 13.4. The first-order chi connectivity index (χ1) is 9.97. The lowest BCUT2D eigenvalue weighted by molar-refractivity contribution is -0.134. The normalized spacial score (nSPS) is 16.0. The second-order valence-electron chi connectivity index (χ2n) is 6.63. The third kappa shape index (κ3) is 4.85. The molecular formula is C18H27NO2. The van der Waals surface area contributed by atoms with Gasteiger partial charge < -0.3 is 10.5 Å². The minimum atomic E-state index is -0.231. The highest BCUT2D eigenvalue weighted by atomic mass is 16.5. The molecular weight excluding hydrogens is 262 g/mol. The number of hydrogen-bond acceptors (Lipinski definition) is 3. The van der Waals surface area contributed by atoms with E-state index in [-0.39, 0.29) is 18.4 Å². The molecule has 0 bridgehead atoms. The molecule has 21 heavy (non-hydrogen) atoms. The Labute approximate surface area is 127 Å². The van der Waals surface area contributed by atoms with Gasteiger partial charge in [-0.1, -0.05) is 44.9 Å². The Morgan fingerprint density at radius 2 is 2.05 bits per heavy atom. The summed E-state index contributed by atoms with van der Waals surface area (Å²) < 4.78 is 5.68. The molecule has 1 aromatic rings. The van der Waals surface area contributed by atoms with Crippen LogP contribution in [0.3, 0.4) is 0 Å². The second-order valence-corrected chi connectivity index (χ2v) is 6.63. The number of para-hydroxylation sites is 1. The fourth-order valence-corrected chi connectivity index (χ4v) is 2.57. The molecule has 1 aliphatic rings. The number of aryl methyl sites for hydroxylation is 1. The molecule has 1 aromatic carbocycles. The smallest absolute Gasteiger partial charge is 0.312 e. The molecule has 0 saturated heterocycles. The van der Waals surface area contributed by atoms with Gasteiger partial charge in [0.05, 0.1) is 6.42 Å². The summed E-state index contributed by atoms with van der Waals surface area (Å²) in [7, 11) is 0. The highest BCUT2D eigenvalue weighted by Gasteiger charge is 2.23. The van der Waals surface area contributed by atoms with Gasteiger partial charge >= 0.3 is 5.97 Å². The molecule has 1 atom stereocenters. The van der Waals surface area contributed by atoms with Crippen molar-refractivity contribution in [3.8, 4) is 5.75 Å². The Balaban J connectivity index is 2.17. The summed E-state index contributed by atoms with van der Waals surface area (Å²) in [6.07, 6.45) is 5.15. The van der Waals surface area contributed by atoms with Crippen LogP contribution in [0.1, 0.15) is 63.5 Å². The van der Waals surface area contributed by atoms with Crippen LogP contribution in [0.4, 0.5) is 0 Å². The van der Waals surface area contributed by atoms with Crippen molar-refractivity contribution in [2.45, 2.75) is 64.8 Å². The van der Waals surface area contributed by atoms with Gasteiger partial charge in [0.15, 0.2) is 0 Å². The van der Waals surface area contributed by atoms with Crippen LogP contribution in [-0.2, 0) is 11.2 Å². The Morgan fingerprint density at radius 3 is 2.62 bits per heavy atom. The van der Waals surface area contributed by atoms with Gasteiger partial charge in [-0.15, -0.1) is 0 Å². The third-order valence-electron chi connectivity index (χ3n) is 3.97. The van der Waals surface area contributed by atoms with Crippen molar-refractivity contribution in [3.05, 3.63) is 29.3 Å². The fourth-order valence-electron chi connectivity index (χ4n) is 2.57. The van der Waals surface area contributed by atoms with E-state index in [9.17, 15) is 4.79 Å². The lowest BCUT2D eigenvalue weighted by Gasteiger charge is -2.17. The fraction of sp³-hybridized carbons (Fsp3) is 0.611. The van der Waals surface area contributed by atoms with Gasteiger partial charge in [0.1, 0.15) is 5.75 Å². The standard InChI is InChI=1S/C18H27NO2/c1-12(2)16-6-4-5-15(10-9-14-7-8-14)18(16)21-17(20)11-13(3)19/h4-6,12-14H,7-11,19H2,1-3H3. The first kappa shape index (κ1) is 16.0. The van der Waals surface area contributed by atoms with Crippen molar-refractivity contribution in [3.63, 3.8) is 0 Å². The molecule has 2 N–H and O–H groups in total. The number of nitrogens with two attached hydrogens (primary N) is 1. The van der Waals surface area contributed by atoms with Crippen molar-refractivity contribution in [2.24, 2.45) is 11.7 Å². The van der Waals surface area contributed by atoms with Crippen LogP contribution in [0.15, 0.2) is 18.2 Å². The quantitative estimate of drug-likeness (QED) is 0.613. The number of esters is 1. The molecule has 0 aromatic heterocycles. The van der Waals surface area contributed by atoms with Gasteiger partial charge in [0.2, 0.25) is 0 Å². The van der Waals surface area contributed by atoms with Crippen molar-refractivity contribution in [1.29, 1.82) is 0 Å². The summed E-state index contributed by atoms with van der Waals surface area (Å²) >= 11 is 0. The van der Waals surface area contributed by atoms with Crippen molar-refractivity contribution in [1.82, 2.24) is 0 Å². The van der Waals surface area contributed by atoms with Gasteiger partial charge in [-0.05, 0) is 42.7 Å². The molecule has 3 heteroatoms. The maximum Gasteiger partial charge on any atom is 0.312 e. The van der Waals surface area contributed by atoms with Crippen LogP contribution in [0.2, 0.25) is 0 Å². The SMILES string of the molecule is CC(N)CC(=O)Oc1c(CCC2CC2)cccc1C(C)C. The number of benzene rings is 1. The highest BCUT2D eigenvalue weighted by molar-refractivity contribution is 5.74. The van der Waals surface area contributed by atoms with E-state index in [4.69, 9.17) is 10.5 Å². The molecule has 1 fully saturated rings. The third-order valence-corrected chi connectivity index (χ3v) is 3.97. The summed E-state index contributed by atoms with van der Waals surface area (Å²) in [6.45, 7) is 6.08. The molecule has 1 aliphatic carbocycles. The van der Waals surface area contributed by atoms with Crippen molar-refractivity contribution in [2.75, 3.05) is 0 Å². The maximum atomic E-state index is 12.0. The molecule has 116 valence electrons. The van der Waals surface area contributed by atoms with Crippen LogP contribution in [0.25, 0.3) is 0 Å². The summed E-state index contributed by atoms with van der Waals surface area (Å²) in [4.78, 5) is 12.0. The Morgan fingerprint density at radius 1 is 1.33 bits per heavy atom. The summed E-state index contributed by atoms with van der Waals surface area (Å²) in [5, 5.41) is 0. The van der Waals surface area contributed by atoms with Gasteiger partial charge in [-0.25, -0.2) is 0 Å². The average molecular weight is 289 g/mol. The van der Waals surface area contributed by atoms with E-state index in [0.29, 0.717) is 5.92 Å². The van der Waals surface area contributed by atoms with E-state index in [1.807, 2.05) is 6.92 Å². The Hall–Kier alpha value is -1.35. The van der Waals surface area contributed by atoms with Gasteiger partial charge in [0.25, 0.3) is 0 Å². The van der Waals surface area contributed by atoms with Crippen molar-refractivity contribution >= 4 is 5.97 Å². The molecule has 0 heterocycles. The van der Waals surface area contributed by atoms with Crippen LogP contribution in [0, 0.1) is 5.92 Å². The number of rotatable bonds is 7. The predicted molar refractivity (Wildman–Crippen MR) is 85.5 cm³/mol. The van der Waals surface area contributed by atoms with Crippen LogP contribution >= 0.6 is 0 Å². The van der Waals surface area contributed by atoms with E-state index >= 15 is 0 Å². The first-order valence-corrected chi connectivity index (χ1v) is 8.05. The van der Waals surface area contributed by atoms with Crippen LogP contribution in [0.5, 0.6) is 5.75 Å². The summed E-state index contributed by atoms with van der Waals surface area (Å²) in [5.74, 6) is 1.76. The largest absolute Gasteiger partial charge is 0.426 e. The van der Waals surface area contributed by atoms with Crippen LogP contribution in [-0.4, -0.2) is 12.0 Å². The molecule has 3 nitrogen and oxygen atoms in total. The Kier molecular flexibility index (Phi) is 5.40. The van der Waals surface area contributed by atoms with E-state index in [2.05, 4.69) is 32.0 Å².